The maximum atomic E-state index is 12.5. The molecule has 1 fully saturated rings. The standard InChI is InChI=1S/C21H26N2O2/c24-21(25-15-7-11-18-10-6-13-22-16-18)20-12-4-5-14-23(20)17-19-8-2-1-3-9-19/h1-3,6,8-10,13,16,20H,4-5,7,11-12,14-15,17H2. The van der Waals surface area contributed by atoms with E-state index < -0.39 is 0 Å². The molecule has 0 amide bonds. The van der Waals surface area contributed by atoms with E-state index in [9.17, 15) is 4.79 Å². The predicted molar refractivity (Wildman–Crippen MR) is 98.0 cm³/mol. The molecular weight excluding hydrogens is 312 g/mol. The minimum Gasteiger partial charge on any atom is -0.465 e. The van der Waals surface area contributed by atoms with Crippen molar-refractivity contribution in [2.75, 3.05) is 13.2 Å². The van der Waals surface area contributed by atoms with Gasteiger partial charge in [0.25, 0.3) is 0 Å². The van der Waals surface area contributed by atoms with Crippen LogP contribution in [0.15, 0.2) is 54.9 Å². The molecule has 0 saturated carbocycles. The highest BCUT2D eigenvalue weighted by Crippen LogP contribution is 2.21. The fourth-order valence-corrected chi connectivity index (χ4v) is 3.36. The average molecular weight is 338 g/mol. The number of carbonyl (C=O) groups excluding carboxylic acids is 1. The van der Waals surface area contributed by atoms with Crippen molar-refractivity contribution >= 4 is 5.97 Å². The van der Waals surface area contributed by atoms with Crippen molar-refractivity contribution < 1.29 is 9.53 Å². The van der Waals surface area contributed by atoms with E-state index in [1.807, 2.05) is 30.5 Å². The summed E-state index contributed by atoms with van der Waals surface area (Å²) in [5, 5.41) is 0. The van der Waals surface area contributed by atoms with Gasteiger partial charge in [0.05, 0.1) is 6.61 Å². The van der Waals surface area contributed by atoms with Crippen molar-refractivity contribution in [1.29, 1.82) is 0 Å². The Kier molecular flexibility index (Phi) is 6.57. The number of nitrogens with zero attached hydrogens (tertiary/aromatic N) is 2. The van der Waals surface area contributed by atoms with Crippen LogP contribution in [0.5, 0.6) is 0 Å². The van der Waals surface area contributed by atoms with Crippen molar-refractivity contribution in [3.63, 3.8) is 0 Å². The van der Waals surface area contributed by atoms with Gasteiger partial charge in [-0.05, 0) is 49.4 Å². The van der Waals surface area contributed by atoms with Crippen molar-refractivity contribution in [3.05, 3.63) is 66.0 Å². The molecule has 4 nitrogen and oxygen atoms in total. The molecule has 2 aromatic rings. The first kappa shape index (κ1) is 17.6. The lowest BCUT2D eigenvalue weighted by Crippen LogP contribution is -2.45. The molecule has 25 heavy (non-hydrogen) atoms. The number of benzene rings is 1. The summed E-state index contributed by atoms with van der Waals surface area (Å²) in [6.45, 7) is 2.25. The Bertz CT molecular complexity index is 645. The highest BCUT2D eigenvalue weighted by Gasteiger charge is 2.29. The Morgan fingerprint density at radius 1 is 1.12 bits per heavy atom. The topological polar surface area (TPSA) is 42.4 Å². The molecule has 4 heteroatoms. The van der Waals surface area contributed by atoms with Crippen LogP contribution in [0.3, 0.4) is 0 Å². The molecule has 0 N–H and O–H groups in total. The third-order valence-corrected chi connectivity index (χ3v) is 4.69. The van der Waals surface area contributed by atoms with Crippen LogP contribution >= 0.6 is 0 Å². The van der Waals surface area contributed by atoms with Gasteiger partial charge in [0.1, 0.15) is 6.04 Å². The number of hydrogen-bond donors (Lipinski definition) is 0. The van der Waals surface area contributed by atoms with Crippen LogP contribution in [0, 0.1) is 0 Å². The van der Waals surface area contributed by atoms with Gasteiger partial charge in [0, 0.05) is 18.9 Å². The normalized spacial score (nSPS) is 18.0. The highest BCUT2D eigenvalue weighted by molar-refractivity contribution is 5.75. The van der Waals surface area contributed by atoms with Crippen molar-refractivity contribution in [2.45, 2.75) is 44.7 Å². The quantitative estimate of drug-likeness (QED) is 0.571. The number of hydrogen-bond acceptors (Lipinski definition) is 4. The highest BCUT2D eigenvalue weighted by atomic mass is 16.5. The predicted octanol–water partition coefficient (Wildman–Crippen LogP) is 3.61. The molecule has 1 atom stereocenters. The molecule has 1 saturated heterocycles. The summed E-state index contributed by atoms with van der Waals surface area (Å²) in [5.74, 6) is -0.0678. The van der Waals surface area contributed by atoms with Crippen LogP contribution in [0.2, 0.25) is 0 Å². The van der Waals surface area contributed by atoms with E-state index in [0.29, 0.717) is 6.61 Å². The fraction of sp³-hybridized carbons (Fsp3) is 0.429. The smallest absolute Gasteiger partial charge is 0.323 e. The number of likely N-dealkylation sites (tertiary alicyclic amines) is 1. The average Bonchev–Trinajstić information content (AvgIpc) is 2.67. The molecule has 1 aromatic carbocycles. The Morgan fingerprint density at radius 2 is 1.96 bits per heavy atom. The summed E-state index contributed by atoms with van der Waals surface area (Å²) in [4.78, 5) is 18.9. The molecule has 1 aliphatic rings. The zero-order chi connectivity index (χ0) is 17.3. The third kappa shape index (κ3) is 5.40. The summed E-state index contributed by atoms with van der Waals surface area (Å²) in [7, 11) is 0. The SMILES string of the molecule is O=C(OCCCc1cccnc1)C1CCCCN1Cc1ccccc1. The van der Waals surface area contributed by atoms with E-state index in [2.05, 4.69) is 28.1 Å². The number of piperidine rings is 1. The summed E-state index contributed by atoms with van der Waals surface area (Å²) < 4.78 is 5.57. The number of pyridine rings is 1. The van der Waals surface area contributed by atoms with E-state index in [1.54, 1.807) is 6.20 Å². The van der Waals surface area contributed by atoms with Gasteiger partial charge in [0.2, 0.25) is 0 Å². The third-order valence-electron chi connectivity index (χ3n) is 4.69. The lowest BCUT2D eigenvalue weighted by Gasteiger charge is -2.34. The van der Waals surface area contributed by atoms with E-state index in [4.69, 9.17) is 4.74 Å². The molecule has 0 aliphatic carbocycles. The second-order valence-corrected chi connectivity index (χ2v) is 6.60. The Labute approximate surface area is 149 Å². The number of esters is 1. The number of ether oxygens (including phenoxy) is 1. The lowest BCUT2D eigenvalue weighted by molar-refractivity contribution is -0.151. The van der Waals surface area contributed by atoms with Crippen LogP contribution in [-0.4, -0.2) is 35.0 Å². The van der Waals surface area contributed by atoms with Crippen LogP contribution < -0.4 is 0 Å². The van der Waals surface area contributed by atoms with Gasteiger partial charge in [-0.15, -0.1) is 0 Å². The number of carbonyl (C=O) groups is 1. The van der Waals surface area contributed by atoms with E-state index >= 15 is 0 Å². The minimum absolute atomic E-state index is 0.0678. The fourth-order valence-electron chi connectivity index (χ4n) is 3.36. The minimum atomic E-state index is -0.104. The van der Waals surface area contributed by atoms with Crippen LogP contribution in [-0.2, 0) is 22.5 Å². The largest absolute Gasteiger partial charge is 0.465 e. The van der Waals surface area contributed by atoms with Gasteiger partial charge in [-0.1, -0.05) is 42.8 Å². The maximum Gasteiger partial charge on any atom is 0.323 e. The summed E-state index contributed by atoms with van der Waals surface area (Å²) in [5.41, 5.74) is 2.43. The first-order valence-electron chi connectivity index (χ1n) is 9.16. The first-order valence-corrected chi connectivity index (χ1v) is 9.16. The van der Waals surface area contributed by atoms with Gasteiger partial charge in [0.15, 0.2) is 0 Å². The zero-order valence-electron chi connectivity index (χ0n) is 14.6. The Hall–Kier alpha value is -2.20. The molecule has 0 bridgehead atoms. The maximum absolute atomic E-state index is 12.5. The number of aryl methyl sites for hydroxylation is 1. The molecule has 3 rings (SSSR count). The van der Waals surface area contributed by atoms with Crippen LogP contribution in [0.4, 0.5) is 0 Å². The van der Waals surface area contributed by atoms with Gasteiger partial charge in [-0.2, -0.15) is 0 Å². The second-order valence-electron chi connectivity index (χ2n) is 6.60. The van der Waals surface area contributed by atoms with Crippen molar-refractivity contribution in [1.82, 2.24) is 9.88 Å². The Morgan fingerprint density at radius 3 is 2.76 bits per heavy atom. The monoisotopic (exact) mass is 338 g/mol. The molecule has 2 heterocycles. The van der Waals surface area contributed by atoms with Gasteiger partial charge >= 0.3 is 5.97 Å². The Balaban J connectivity index is 1.47. The molecule has 0 radical (unpaired) electrons. The molecular formula is C21H26N2O2. The molecule has 1 unspecified atom stereocenters. The van der Waals surface area contributed by atoms with Crippen LogP contribution in [0.25, 0.3) is 0 Å². The van der Waals surface area contributed by atoms with Gasteiger partial charge in [-0.3, -0.25) is 14.7 Å². The molecule has 132 valence electrons. The van der Waals surface area contributed by atoms with E-state index in [0.717, 1.165) is 45.2 Å². The van der Waals surface area contributed by atoms with Crippen molar-refractivity contribution in [2.24, 2.45) is 0 Å². The second kappa shape index (κ2) is 9.33. The van der Waals surface area contributed by atoms with E-state index in [1.165, 1.54) is 11.1 Å². The van der Waals surface area contributed by atoms with Gasteiger partial charge < -0.3 is 4.74 Å². The first-order chi connectivity index (χ1) is 12.3. The summed E-state index contributed by atoms with van der Waals surface area (Å²) in [6, 6.07) is 14.2. The number of aromatic nitrogens is 1. The zero-order valence-corrected chi connectivity index (χ0v) is 14.6. The molecule has 0 spiro atoms. The lowest BCUT2D eigenvalue weighted by atomic mass is 10.0. The summed E-state index contributed by atoms with van der Waals surface area (Å²) >= 11 is 0. The summed E-state index contributed by atoms with van der Waals surface area (Å²) in [6.07, 6.45) is 8.51. The van der Waals surface area contributed by atoms with E-state index in [-0.39, 0.29) is 12.0 Å². The van der Waals surface area contributed by atoms with Crippen LogP contribution in [0.1, 0.15) is 36.8 Å². The number of rotatable bonds is 7. The van der Waals surface area contributed by atoms with Gasteiger partial charge in [-0.25, -0.2) is 0 Å². The molecule has 1 aliphatic heterocycles. The molecule has 1 aromatic heterocycles. The van der Waals surface area contributed by atoms with Crippen molar-refractivity contribution in [3.8, 4) is 0 Å².